The summed E-state index contributed by atoms with van der Waals surface area (Å²) in [6.45, 7) is 3.90. The molecule has 2 heterocycles. The van der Waals surface area contributed by atoms with E-state index < -0.39 is 0 Å². The average molecular weight is 318 g/mol. The van der Waals surface area contributed by atoms with E-state index in [0.717, 1.165) is 22.1 Å². The Labute approximate surface area is 136 Å². The van der Waals surface area contributed by atoms with Gasteiger partial charge in [-0.3, -0.25) is 4.68 Å². The van der Waals surface area contributed by atoms with E-state index in [0.29, 0.717) is 12.0 Å². The first kappa shape index (κ1) is 15.3. The third-order valence-electron chi connectivity index (χ3n) is 4.16. The van der Waals surface area contributed by atoms with Gasteiger partial charge in [-0.05, 0) is 26.7 Å². The van der Waals surface area contributed by atoms with Crippen molar-refractivity contribution in [2.75, 3.05) is 0 Å². The first-order chi connectivity index (χ1) is 10.6. The van der Waals surface area contributed by atoms with Gasteiger partial charge in [0, 0.05) is 13.2 Å². The zero-order chi connectivity index (χ0) is 15.7. The van der Waals surface area contributed by atoms with E-state index in [2.05, 4.69) is 32.9 Å². The maximum absolute atomic E-state index is 4.64. The molecule has 0 atom stereocenters. The Balaban J connectivity index is 1.88. The van der Waals surface area contributed by atoms with Gasteiger partial charge in [0.25, 0.3) is 0 Å². The summed E-state index contributed by atoms with van der Waals surface area (Å²) in [5.74, 6) is 0.593. The van der Waals surface area contributed by atoms with E-state index in [1.807, 2.05) is 36.3 Å². The van der Waals surface area contributed by atoms with Crippen LogP contribution in [0.4, 0.5) is 11.6 Å². The summed E-state index contributed by atoms with van der Waals surface area (Å²) in [7, 11) is 1.91. The number of rotatable bonds is 3. The zero-order valence-electron chi connectivity index (χ0n) is 13.3. The Morgan fingerprint density at radius 2 is 1.91 bits per heavy atom. The van der Waals surface area contributed by atoms with Gasteiger partial charge in [-0.1, -0.05) is 19.3 Å². The van der Waals surface area contributed by atoms with Crippen LogP contribution in [0.5, 0.6) is 0 Å². The average Bonchev–Trinajstić information content (AvgIpc) is 2.97. The van der Waals surface area contributed by atoms with Crippen LogP contribution in [0.15, 0.2) is 21.5 Å². The second kappa shape index (κ2) is 6.24. The van der Waals surface area contributed by atoms with Crippen LogP contribution in [-0.2, 0) is 7.05 Å². The molecule has 2 aromatic rings. The Morgan fingerprint density at radius 1 is 1.18 bits per heavy atom. The molecule has 7 heteroatoms. The van der Waals surface area contributed by atoms with E-state index >= 15 is 0 Å². The van der Waals surface area contributed by atoms with E-state index in [9.17, 15) is 0 Å². The first-order valence-corrected chi connectivity index (χ1v) is 8.20. The molecule has 0 radical (unpaired) electrons. The zero-order valence-corrected chi connectivity index (χ0v) is 14.2. The lowest BCUT2D eigenvalue weighted by atomic mass is 9.96. The molecule has 1 aliphatic rings. The van der Waals surface area contributed by atoms with Crippen LogP contribution in [0.3, 0.4) is 0 Å². The van der Waals surface area contributed by atoms with Crippen LogP contribution < -0.4 is 0 Å². The molecule has 0 aliphatic heterocycles. The second-order valence-electron chi connectivity index (χ2n) is 5.99. The van der Waals surface area contributed by atoms with Gasteiger partial charge in [-0.15, -0.1) is 22.9 Å². The lowest BCUT2D eigenvalue weighted by Crippen LogP contribution is -2.14. The van der Waals surface area contributed by atoms with Crippen molar-refractivity contribution in [2.45, 2.75) is 57.0 Å². The highest BCUT2D eigenvalue weighted by Gasteiger charge is 2.21. The molecule has 0 aromatic carbocycles. The minimum atomic E-state index is 0.444. The molecule has 3 rings (SSSR count). The molecule has 118 valence electrons. The quantitative estimate of drug-likeness (QED) is 0.671. The van der Waals surface area contributed by atoms with Crippen LogP contribution in [-0.4, -0.2) is 19.3 Å². The summed E-state index contributed by atoms with van der Waals surface area (Å²) < 4.78 is 3.88. The molecule has 2 aromatic heterocycles. The fourth-order valence-electron chi connectivity index (χ4n) is 3.01. The van der Waals surface area contributed by atoms with E-state index in [4.69, 9.17) is 0 Å². The highest BCUT2D eigenvalue weighted by Crippen LogP contribution is 2.35. The van der Waals surface area contributed by atoms with Gasteiger partial charge in [-0.25, -0.2) is 4.98 Å². The highest BCUT2D eigenvalue weighted by molar-refractivity contribution is 7.80. The number of nitrogens with zero attached hydrogens (tertiary/aromatic N) is 6. The Morgan fingerprint density at radius 3 is 2.55 bits per heavy atom. The summed E-state index contributed by atoms with van der Waals surface area (Å²) in [5, 5.41) is 14.0. The van der Waals surface area contributed by atoms with Gasteiger partial charge in [0.1, 0.15) is 10.7 Å². The summed E-state index contributed by atoms with van der Waals surface area (Å²) in [4.78, 5) is 4.33. The molecule has 0 saturated heterocycles. The van der Waals surface area contributed by atoms with Crippen molar-refractivity contribution in [3.05, 3.63) is 17.6 Å². The normalized spacial score (nSPS) is 16.7. The van der Waals surface area contributed by atoms with E-state index in [1.54, 1.807) is 0 Å². The molecule has 0 bridgehead atoms. The van der Waals surface area contributed by atoms with Crippen molar-refractivity contribution in [3.8, 4) is 0 Å². The van der Waals surface area contributed by atoms with Crippen molar-refractivity contribution >= 4 is 24.3 Å². The maximum Gasteiger partial charge on any atom is 0.249 e. The number of hydrogen-bond acceptors (Lipinski definition) is 5. The topological polar surface area (TPSA) is 60.4 Å². The largest absolute Gasteiger partial charge is 0.317 e. The molecule has 1 saturated carbocycles. The lowest BCUT2D eigenvalue weighted by molar-refractivity contribution is 0.313. The number of hydrogen-bond donors (Lipinski definition) is 1. The molecule has 1 fully saturated rings. The standard InChI is InChI=1S/C15H22N6S/c1-10-9-20(3)15(16-10)18-17-13-11(2)19-21(14(13)22)12-7-5-4-6-8-12/h9,12,22H,4-8H2,1-3H3. The maximum atomic E-state index is 4.64. The number of imidazole rings is 1. The van der Waals surface area contributed by atoms with E-state index in [1.165, 1.54) is 32.1 Å². The van der Waals surface area contributed by atoms with Crippen LogP contribution in [0.25, 0.3) is 0 Å². The Bertz CT molecular complexity index is 693. The predicted octanol–water partition coefficient (Wildman–Crippen LogP) is 4.44. The molecular weight excluding hydrogens is 296 g/mol. The van der Waals surface area contributed by atoms with Crippen LogP contribution in [0.2, 0.25) is 0 Å². The number of aryl methyl sites for hydroxylation is 3. The monoisotopic (exact) mass is 318 g/mol. The fourth-order valence-corrected chi connectivity index (χ4v) is 3.43. The smallest absolute Gasteiger partial charge is 0.249 e. The van der Waals surface area contributed by atoms with Crippen molar-refractivity contribution in [3.63, 3.8) is 0 Å². The van der Waals surface area contributed by atoms with Gasteiger partial charge >= 0.3 is 0 Å². The minimum absolute atomic E-state index is 0.444. The molecule has 0 unspecified atom stereocenters. The third-order valence-corrected chi connectivity index (χ3v) is 4.58. The van der Waals surface area contributed by atoms with Crippen LogP contribution in [0, 0.1) is 13.8 Å². The highest BCUT2D eigenvalue weighted by atomic mass is 32.1. The Hall–Kier alpha value is -1.63. The predicted molar refractivity (Wildman–Crippen MR) is 88.5 cm³/mol. The molecule has 1 aliphatic carbocycles. The molecule has 0 spiro atoms. The van der Waals surface area contributed by atoms with Gasteiger partial charge in [0.05, 0.1) is 17.4 Å². The van der Waals surface area contributed by atoms with Gasteiger partial charge in [0.2, 0.25) is 5.95 Å². The molecule has 0 amide bonds. The number of aromatic nitrogens is 4. The van der Waals surface area contributed by atoms with Crippen molar-refractivity contribution < 1.29 is 0 Å². The van der Waals surface area contributed by atoms with Gasteiger partial charge in [-0.2, -0.15) is 5.10 Å². The molecule has 22 heavy (non-hydrogen) atoms. The van der Waals surface area contributed by atoms with Crippen molar-refractivity contribution in [1.29, 1.82) is 0 Å². The summed E-state index contributed by atoms with van der Waals surface area (Å²) in [6.07, 6.45) is 8.12. The van der Waals surface area contributed by atoms with Crippen molar-refractivity contribution in [1.82, 2.24) is 19.3 Å². The number of thiol groups is 1. The molecule has 0 N–H and O–H groups in total. The van der Waals surface area contributed by atoms with Gasteiger partial charge in [0.15, 0.2) is 0 Å². The lowest BCUT2D eigenvalue weighted by Gasteiger charge is -2.22. The number of azo groups is 1. The molecular formula is C15H22N6S. The first-order valence-electron chi connectivity index (χ1n) is 7.76. The summed E-state index contributed by atoms with van der Waals surface area (Å²) in [5.41, 5.74) is 2.54. The third kappa shape index (κ3) is 2.95. The molecule has 6 nitrogen and oxygen atoms in total. The SMILES string of the molecule is Cc1cn(C)c(N=Nc2c(C)nn(C3CCCCC3)c2S)n1. The fraction of sp³-hybridized carbons (Fsp3) is 0.600. The Kier molecular flexibility index (Phi) is 4.33. The minimum Gasteiger partial charge on any atom is -0.317 e. The second-order valence-corrected chi connectivity index (χ2v) is 6.41. The van der Waals surface area contributed by atoms with Gasteiger partial charge < -0.3 is 4.57 Å². The van der Waals surface area contributed by atoms with E-state index in [-0.39, 0.29) is 0 Å². The summed E-state index contributed by atoms with van der Waals surface area (Å²) >= 11 is 4.64. The van der Waals surface area contributed by atoms with Crippen LogP contribution >= 0.6 is 12.6 Å². The summed E-state index contributed by atoms with van der Waals surface area (Å²) in [6, 6.07) is 0.444. The van der Waals surface area contributed by atoms with Crippen LogP contribution in [0.1, 0.15) is 49.5 Å². The van der Waals surface area contributed by atoms with Crippen molar-refractivity contribution in [2.24, 2.45) is 17.3 Å².